The van der Waals surface area contributed by atoms with Gasteiger partial charge in [0.15, 0.2) is 0 Å². The molecule has 0 saturated carbocycles. The van der Waals surface area contributed by atoms with Crippen LogP contribution in [0.15, 0.2) is 23.1 Å². The summed E-state index contributed by atoms with van der Waals surface area (Å²) < 4.78 is 26.4. The molecule has 6 nitrogen and oxygen atoms in total. The zero-order valence-electron chi connectivity index (χ0n) is 10.8. The summed E-state index contributed by atoms with van der Waals surface area (Å²) in [5, 5.41) is 18.0. The normalized spacial score (nSPS) is 11.9. The number of nitriles is 1. The third kappa shape index (κ3) is 3.70. The third-order valence-corrected chi connectivity index (χ3v) is 4.31. The molecule has 0 aliphatic rings. The molecular formula is C12H13ClN2O4S. The molecule has 0 aromatic heterocycles. The number of sulfonamides is 1. The third-order valence-electron chi connectivity index (χ3n) is 2.64. The molecular weight excluding hydrogens is 304 g/mol. The van der Waals surface area contributed by atoms with E-state index < -0.39 is 21.4 Å². The number of benzene rings is 1. The Balaban J connectivity index is 3.10. The monoisotopic (exact) mass is 316 g/mol. The maximum Gasteiger partial charge on any atom is 0.310 e. The number of rotatable bonds is 5. The second-order valence-corrected chi connectivity index (χ2v) is 6.94. The molecule has 0 unspecified atom stereocenters. The summed E-state index contributed by atoms with van der Waals surface area (Å²) in [6, 6.07) is 5.60. The van der Waals surface area contributed by atoms with Crippen LogP contribution in [0.3, 0.4) is 0 Å². The maximum absolute atomic E-state index is 12.1. The molecule has 0 aliphatic carbocycles. The molecule has 108 valence electrons. The Morgan fingerprint density at radius 1 is 1.50 bits per heavy atom. The Morgan fingerprint density at radius 2 is 2.10 bits per heavy atom. The van der Waals surface area contributed by atoms with E-state index in [0.29, 0.717) is 0 Å². The van der Waals surface area contributed by atoms with E-state index in [0.717, 1.165) is 6.07 Å². The van der Waals surface area contributed by atoms with Gasteiger partial charge in [0.05, 0.1) is 11.0 Å². The van der Waals surface area contributed by atoms with Gasteiger partial charge in [0, 0.05) is 11.6 Å². The van der Waals surface area contributed by atoms with Crippen molar-refractivity contribution in [3.8, 4) is 6.07 Å². The molecule has 1 rings (SSSR count). The largest absolute Gasteiger partial charge is 0.481 e. The molecule has 0 heterocycles. The standard InChI is InChI=1S/C12H13ClN2O4S/c1-12(2,11(16)17)7-15-20(18,19)10-5-9(13)4-3-8(10)6-14/h3-5,15H,7H2,1-2H3,(H,16,17). The van der Waals surface area contributed by atoms with Crippen LogP contribution in [0.25, 0.3) is 0 Å². The van der Waals surface area contributed by atoms with Crippen molar-refractivity contribution in [1.29, 1.82) is 5.26 Å². The van der Waals surface area contributed by atoms with Gasteiger partial charge < -0.3 is 5.11 Å². The van der Waals surface area contributed by atoms with E-state index in [1.165, 1.54) is 26.0 Å². The van der Waals surface area contributed by atoms with E-state index >= 15 is 0 Å². The minimum Gasteiger partial charge on any atom is -0.481 e. The number of hydrogen-bond donors (Lipinski definition) is 2. The van der Waals surface area contributed by atoms with E-state index in [2.05, 4.69) is 4.72 Å². The highest BCUT2D eigenvalue weighted by Crippen LogP contribution is 2.21. The summed E-state index contributed by atoms with van der Waals surface area (Å²) in [5.74, 6) is -1.13. The molecule has 0 bridgehead atoms. The Morgan fingerprint density at radius 3 is 2.60 bits per heavy atom. The lowest BCUT2D eigenvalue weighted by Crippen LogP contribution is -2.39. The van der Waals surface area contributed by atoms with E-state index in [4.69, 9.17) is 22.0 Å². The highest BCUT2D eigenvalue weighted by Gasteiger charge is 2.30. The zero-order valence-corrected chi connectivity index (χ0v) is 12.4. The Hall–Kier alpha value is -1.62. The SMILES string of the molecule is CC(C)(CNS(=O)(=O)c1cc(Cl)ccc1C#N)C(=O)O. The number of nitrogens with zero attached hydrogens (tertiary/aromatic N) is 1. The van der Waals surface area contributed by atoms with Crippen LogP contribution in [0.1, 0.15) is 19.4 Å². The van der Waals surface area contributed by atoms with Crippen molar-refractivity contribution in [2.24, 2.45) is 5.41 Å². The zero-order chi connectivity index (χ0) is 15.6. The van der Waals surface area contributed by atoms with Crippen LogP contribution in [0.5, 0.6) is 0 Å². The molecule has 2 N–H and O–H groups in total. The molecule has 0 spiro atoms. The summed E-state index contributed by atoms with van der Waals surface area (Å²) in [4.78, 5) is 10.7. The predicted molar refractivity (Wildman–Crippen MR) is 72.8 cm³/mol. The first-order chi connectivity index (χ1) is 9.10. The Labute approximate surface area is 122 Å². The quantitative estimate of drug-likeness (QED) is 0.858. The van der Waals surface area contributed by atoms with Gasteiger partial charge >= 0.3 is 5.97 Å². The van der Waals surface area contributed by atoms with Crippen molar-refractivity contribution < 1.29 is 18.3 Å². The van der Waals surface area contributed by atoms with Gasteiger partial charge in [-0.15, -0.1) is 0 Å². The molecule has 0 amide bonds. The minimum atomic E-state index is -4.01. The van der Waals surface area contributed by atoms with Gasteiger partial charge in [0.1, 0.15) is 11.0 Å². The first kappa shape index (κ1) is 16.4. The second-order valence-electron chi connectivity index (χ2n) is 4.77. The van der Waals surface area contributed by atoms with Crippen LogP contribution in [-0.2, 0) is 14.8 Å². The molecule has 0 atom stereocenters. The maximum atomic E-state index is 12.1. The van der Waals surface area contributed by atoms with Gasteiger partial charge in [0.2, 0.25) is 10.0 Å². The molecule has 1 aromatic carbocycles. The van der Waals surface area contributed by atoms with Crippen LogP contribution < -0.4 is 4.72 Å². The number of nitrogens with one attached hydrogen (secondary N) is 1. The number of carbonyl (C=O) groups is 1. The second kappa shape index (κ2) is 5.79. The molecule has 8 heteroatoms. The van der Waals surface area contributed by atoms with Crippen LogP contribution in [0.2, 0.25) is 5.02 Å². The fourth-order valence-corrected chi connectivity index (χ4v) is 2.87. The number of carboxylic acid groups (broad SMARTS) is 1. The van der Waals surface area contributed by atoms with Crippen molar-refractivity contribution in [2.45, 2.75) is 18.7 Å². The smallest absolute Gasteiger partial charge is 0.310 e. The van der Waals surface area contributed by atoms with Gasteiger partial charge in [-0.25, -0.2) is 13.1 Å². The van der Waals surface area contributed by atoms with Crippen molar-refractivity contribution >= 4 is 27.6 Å². The minimum absolute atomic E-state index is 0.0602. The summed E-state index contributed by atoms with van der Waals surface area (Å²) in [6.45, 7) is 2.48. The molecule has 0 aliphatic heterocycles. The molecule has 20 heavy (non-hydrogen) atoms. The number of aliphatic carboxylic acids is 1. The molecule has 0 radical (unpaired) electrons. The summed E-state index contributed by atoms with van der Waals surface area (Å²) in [7, 11) is -4.01. The van der Waals surface area contributed by atoms with Gasteiger partial charge in [-0.05, 0) is 32.0 Å². The Kier molecular flexibility index (Phi) is 4.76. The first-order valence-corrected chi connectivity index (χ1v) is 7.39. The van der Waals surface area contributed by atoms with Crippen LogP contribution in [0, 0.1) is 16.7 Å². The van der Waals surface area contributed by atoms with Crippen LogP contribution in [-0.4, -0.2) is 26.0 Å². The van der Waals surface area contributed by atoms with Crippen LogP contribution in [0.4, 0.5) is 0 Å². The van der Waals surface area contributed by atoms with Crippen molar-refractivity contribution in [1.82, 2.24) is 4.72 Å². The van der Waals surface area contributed by atoms with Gasteiger partial charge in [-0.1, -0.05) is 11.6 Å². The average Bonchev–Trinajstić information content (AvgIpc) is 2.36. The van der Waals surface area contributed by atoms with Gasteiger partial charge in [-0.2, -0.15) is 5.26 Å². The lowest BCUT2D eigenvalue weighted by atomic mass is 9.95. The van der Waals surface area contributed by atoms with E-state index in [-0.39, 0.29) is 22.0 Å². The number of carboxylic acids is 1. The first-order valence-electron chi connectivity index (χ1n) is 5.53. The lowest BCUT2D eigenvalue weighted by Gasteiger charge is -2.19. The lowest BCUT2D eigenvalue weighted by molar-refractivity contribution is -0.146. The predicted octanol–water partition coefficient (Wildman–Crippen LogP) is 1.60. The van der Waals surface area contributed by atoms with Gasteiger partial charge in [-0.3, -0.25) is 4.79 Å². The summed E-state index contributed by atoms with van der Waals surface area (Å²) in [6.07, 6.45) is 0. The van der Waals surface area contributed by atoms with E-state index in [9.17, 15) is 13.2 Å². The fourth-order valence-electron chi connectivity index (χ4n) is 1.24. The van der Waals surface area contributed by atoms with Crippen molar-refractivity contribution in [3.05, 3.63) is 28.8 Å². The molecule has 0 saturated heterocycles. The van der Waals surface area contributed by atoms with E-state index in [1.807, 2.05) is 0 Å². The van der Waals surface area contributed by atoms with Gasteiger partial charge in [0.25, 0.3) is 0 Å². The number of halogens is 1. The highest BCUT2D eigenvalue weighted by atomic mass is 35.5. The summed E-state index contributed by atoms with van der Waals surface area (Å²) in [5.41, 5.74) is -1.33. The fraction of sp³-hybridized carbons (Fsp3) is 0.333. The van der Waals surface area contributed by atoms with Crippen molar-refractivity contribution in [2.75, 3.05) is 6.54 Å². The van der Waals surface area contributed by atoms with Crippen LogP contribution >= 0.6 is 11.6 Å². The highest BCUT2D eigenvalue weighted by molar-refractivity contribution is 7.89. The average molecular weight is 317 g/mol. The Bertz CT molecular complexity index is 677. The van der Waals surface area contributed by atoms with E-state index in [1.54, 1.807) is 6.07 Å². The topological polar surface area (TPSA) is 107 Å². The van der Waals surface area contributed by atoms with Crippen molar-refractivity contribution in [3.63, 3.8) is 0 Å². The molecule has 1 aromatic rings. The number of hydrogen-bond acceptors (Lipinski definition) is 4. The summed E-state index contributed by atoms with van der Waals surface area (Å²) >= 11 is 5.72. The molecule has 0 fully saturated rings.